The van der Waals surface area contributed by atoms with E-state index in [-0.39, 0.29) is 11.7 Å². The van der Waals surface area contributed by atoms with Crippen LogP contribution < -0.4 is 15.2 Å². The largest absolute Gasteiger partial charge is 0.497 e. The van der Waals surface area contributed by atoms with Gasteiger partial charge in [0.1, 0.15) is 11.3 Å². The van der Waals surface area contributed by atoms with Gasteiger partial charge in [0.2, 0.25) is 0 Å². The summed E-state index contributed by atoms with van der Waals surface area (Å²) in [5.74, 6) is 1.25. The Labute approximate surface area is 156 Å². The van der Waals surface area contributed by atoms with Gasteiger partial charge in [-0.25, -0.2) is 9.78 Å². The van der Waals surface area contributed by atoms with Gasteiger partial charge in [0.15, 0.2) is 5.65 Å². The summed E-state index contributed by atoms with van der Waals surface area (Å²) in [4.78, 5) is 21.6. The topological polar surface area (TPSA) is 71.2 Å². The molecule has 138 valence electrons. The molecule has 0 unspecified atom stereocenters. The van der Waals surface area contributed by atoms with Gasteiger partial charge in [0.05, 0.1) is 26.5 Å². The van der Waals surface area contributed by atoms with Crippen LogP contribution in [0.2, 0.25) is 0 Å². The number of benzene rings is 1. The molecule has 0 aliphatic heterocycles. The van der Waals surface area contributed by atoms with E-state index in [1.54, 1.807) is 22.4 Å². The highest BCUT2D eigenvalue weighted by atomic mass is 35.5. The molecule has 0 spiro atoms. The van der Waals surface area contributed by atoms with Crippen molar-refractivity contribution < 1.29 is 9.47 Å². The maximum absolute atomic E-state index is 12.9. The molecule has 3 aromatic rings. The minimum atomic E-state index is -0.135. The Morgan fingerprint density at radius 3 is 2.62 bits per heavy atom. The van der Waals surface area contributed by atoms with Crippen LogP contribution >= 0.6 is 11.6 Å². The summed E-state index contributed by atoms with van der Waals surface area (Å²) in [5.41, 5.74) is 2.07. The van der Waals surface area contributed by atoms with Crippen molar-refractivity contribution in [3.05, 3.63) is 46.5 Å². The SMILES string of the molecule is CCOc1ncc2c(n1)n(Cc1ccc(OC)cc1)c(=O)n2CCCCl. The first-order valence-corrected chi connectivity index (χ1v) is 8.99. The third-order valence-corrected chi connectivity index (χ3v) is 4.29. The molecule has 26 heavy (non-hydrogen) atoms. The van der Waals surface area contributed by atoms with Crippen molar-refractivity contribution in [2.45, 2.75) is 26.4 Å². The molecule has 0 aliphatic carbocycles. The molecule has 7 nitrogen and oxygen atoms in total. The van der Waals surface area contributed by atoms with Crippen molar-refractivity contribution in [3.63, 3.8) is 0 Å². The first-order valence-electron chi connectivity index (χ1n) is 8.45. The van der Waals surface area contributed by atoms with Crippen LogP contribution in [0.15, 0.2) is 35.3 Å². The maximum atomic E-state index is 12.9. The molecular weight excluding hydrogens is 356 g/mol. The molecule has 8 heteroatoms. The summed E-state index contributed by atoms with van der Waals surface area (Å²) in [6, 6.07) is 7.86. The number of imidazole rings is 1. The lowest BCUT2D eigenvalue weighted by Crippen LogP contribution is -2.25. The molecule has 1 aromatic carbocycles. The van der Waals surface area contributed by atoms with Crippen LogP contribution in [-0.2, 0) is 13.1 Å². The van der Waals surface area contributed by atoms with Crippen molar-refractivity contribution >= 4 is 22.8 Å². The molecule has 2 aromatic heterocycles. The number of rotatable bonds is 8. The van der Waals surface area contributed by atoms with Crippen LogP contribution in [0, 0.1) is 0 Å². The van der Waals surface area contributed by atoms with Gasteiger partial charge in [-0.3, -0.25) is 9.13 Å². The number of aromatic nitrogens is 4. The predicted octanol–water partition coefficient (Wildman–Crippen LogP) is 2.68. The molecule has 0 saturated heterocycles. The van der Waals surface area contributed by atoms with E-state index < -0.39 is 0 Å². The third kappa shape index (κ3) is 3.67. The number of hydrogen-bond acceptors (Lipinski definition) is 5. The van der Waals surface area contributed by atoms with Crippen LogP contribution in [0.4, 0.5) is 0 Å². The number of ether oxygens (including phenoxy) is 2. The number of halogens is 1. The fraction of sp³-hybridized carbons (Fsp3) is 0.389. The minimum Gasteiger partial charge on any atom is -0.497 e. The molecule has 0 bridgehead atoms. The molecule has 0 fully saturated rings. The zero-order valence-electron chi connectivity index (χ0n) is 14.8. The number of alkyl halides is 1. The van der Waals surface area contributed by atoms with Crippen LogP contribution in [0.1, 0.15) is 18.9 Å². The average molecular weight is 377 g/mol. The molecule has 0 aliphatic rings. The zero-order valence-corrected chi connectivity index (χ0v) is 15.6. The van der Waals surface area contributed by atoms with Crippen molar-refractivity contribution in [1.29, 1.82) is 0 Å². The van der Waals surface area contributed by atoms with E-state index in [9.17, 15) is 4.79 Å². The number of methoxy groups -OCH3 is 1. The molecule has 0 amide bonds. The normalized spacial score (nSPS) is 11.0. The lowest BCUT2D eigenvalue weighted by atomic mass is 10.2. The summed E-state index contributed by atoms with van der Waals surface area (Å²) >= 11 is 5.80. The zero-order chi connectivity index (χ0) is 18.5. The first kappa shape index (κ1) is 18.3. The van der Waals surface area contributed by atoms with Crippen LogP contribution in [0.5, 0.6) is 11.8 Å². The van der Waals surface area contributed by atoms with Crippen molar-refractivity contribution in [3.8, 4) is 11.8 Å². The van der Waals surface area contributed by atoms with E-state index >= 15 is 0 Å². The van der Waals surface area contributed by atoms with E-state index in [1.165, 1.54) is 0 Å². The smallest absolute Gasteiger partial charge is 0.330 e. The van der Waals surface area contributed by atoms with E-state index in [2.05, 4.69) is 9.97 Å². The standard InChI is InChI=1S/C18H21ClN4O3/c1-3-26-17-20-11-15-16(21-17)23(18(24)22(15)10-4-9-19)12-13-5-7-14(25-2)8-6-13/h5-8,11H,3-4,9-10,12H2,1-2H3. The van der Waals surface area contributed by atoms with Gasteiger partial charge >= 0.3 is 11.7 Å². The highest BCUT2D eigenvalue weighted by Crippen LogP contribution is 2.17. The van der Waals surface area contributed by atoms with Crippen molar-refractivity contribution in [2.24, 2.45) is 0 Å². The van der Waals surface area contributed by atoms with Gasteiger partial charge in [-0.15, -0.1) is 11.6 Å². The maximum Gasteiger partial charge on any atom is 0.330 e. The summed E-state index contributed by atoms with van der Waals surface area (Å²) < 4.78 is 13.9. The van der Waals surface area contributed by atoms with Gasteiger partial charge < -0.3 is 9.47 Å². The fourth-order valence-corrected chi connectivity index (χ4v) is 2.89. The Hall–Kier alpha value is -2.54. The van der Waals surface area contributed by atoms with Gasteiger partial charge in [0.25, 0.3) is 0 Å². The molecule has 3 rings (SSSR count). The van der Waals surface area contributed by atoms with Crippen molar-refractivity contribution in [2.75, 3.05) is 19.6 Å². The molecule has 2 heterocycles. The van der Waals surface area contributed by atoms with Gasteiger partial charge in [-0.1, -0.05) is 12.1 Å². The number of fused-ring (bicyclic) bond motifs is 1. The Balaban J connectivity index is 2.06. The lowest BCUT2D eigenvalue weighted by Gasteiger charge is -2.05. The molecule has 0 N–H and O–H groups in total. The monoisotopic (exact) mass is 376 g/mol. The highest BCUT2D eigenvalue weighted by molar-refractivity contribution is 6.17. The van der Waals surface area contributed by atoms with E-state index in [1.807, 2.05) is 31.2 Å². The molecule has 0 saturated carbocycles. The van der Waals surface area contributed by atoms with Crippen LogP contribution in [0.3, 0.4) is 0 Å². The quantitative estimate of drug-likeness (QED) is 0.565. The lowest BCUT2D eigenvalue weighted by molar-refractivity contribution is 0.313. The minimum absolute atomic E-state index is 0.135. The van der Waals surface area contributed by atoms with E-state index in [4.69, 9.17) is 21.1 Å². The predicted molar refractivity (Wildman–Crippen MR) is 100 cm³/mol. The second-order valence-corrected chi connectivity index (χ2v) is 6.08. The Morgan fingerprint density at radius 2 is 1.96 bits per heavy atom. The number of nitrogens with zero attached hydrogens (tertiary/aromatic N) is 4. The second kappa shape index (κ2) is 8.23. The fourth-order valence-electron chi connectivity index (χ4n) is 2.77. The summed E-state index contributed by atoms with van der Waals surface area (Å²) in [5, 5.41) is 0. The van der Waals surface area contributed by atoms with Crippen LogP contribution in [0.25, 0.3) is 11.2 Å². The highest BCUT2D eigenvalue weighted by Gasteiger charge is 2.16. The molecule has 0 radical (unpaired) electrons. The van der Waals surface area contributed by atoms with Gasteiger partial charge in [-0.05, 0) is 31.0 Å². The Kier molecular flexibility index (Phi) is 5.78. The van der Waals surface area contributed by atoms with Gasteiger partial charge in [0, 0.05) is 12.4 Å². The Morgan fingerprint density at radius 1 is 1.19 bits per heavy atom. The molecule has 0 atom stereocenters. The first-order chi connectivity index (χ1) is 12.7. The third-order valence-electron chi connectivity index (χ3n) is 4.02. The Bertz CT molecular complexity index is 934. The average Bonchev–Trinajstić information content (AvgIpc) is 2.92. The van der Waals surface area contributed by atoms with E-state index in [0.29, 0.717) is 43.2 Å². The van der Waals surface area contributed by atoms with E-state index in [0.717, 1.165) is 11.3 Å². The molecular formula is C18H21ClN4O3. The van der Waals surface area contributed by atoms with Crippen molar-refractivity contribution in [1.82, 2.24) is 19.1 Å². The van der Waals surface area contributed by atoms with Crippen LogP contribution in [-0.4, -0.2) is 38.7 Å². The summed E-state index contributed by atoms with van der Waals surface area (Å²) in [7, 11) is 1.62. The summed E-state index contributed by atoms with van der Waals surface area (Å²) in [6.07, 6.45) is 2.32. The summed E-state index contributed by atoms with van der Waals surface area (Å²) in [6.45, 7) is 3.24. The number of hydrogen-bond donors (Lipinski definition) is 0. The van der Waals surface area contributed by atoms with Gasteiger partial charge in [-0.2, -0.15) is 4.98 Å². The second-order valence-electron chi connectivity index (χ2n) is 5.71. The number of aryl methyl sites for hydroxylation is 1.